The van der Waals surface area contributed by atoms with Crippen molar-refractivity contribution in [1.82, 2.24) is 19.8 Å². The van der Waals surface area contributed by atoms with E-state index in [-0.39, 0.29) is 23.6 Å². The molecule has 0 saturated heterocycles. The summed E-state index contributed by atoms with van der Waals surface area (Å²) in [6.45, 7) is 0.508. The minimum absolute atomic E-state index is 0.0322. The second-order valence-electron chi connectivity index (χ2n) is 4.28. The molecule has 0 bridgehead atoms. The second kappa shape index (κ2) is 6.56. The van der Waals surface area contributed by atoms with E-state index in [1.54, 1.807) is 26.0 Å². The topological polar surface area (TPSA) is 94.0 Å². The van der Waals surface area contributed by atoms with Crippen LogP contribution in [0.1, 0.15) is 5.56 Å². The molecule has 0 aliphatic rings. The predicted octanol–water partition coefficient (Wildman–Crippen LogP) is -1.78. The number of amides is 1. The second-order valence-corrected chi connectivity index (χ2v) is 4.28. The van der Waals surface area contributed by atoms with Crippen LogP contribution in [-0.2, 0) is 11.8 Å². The Balaban J connectivity index is 2.65. The monoisotopic (exact) mass is 263 g/mol. The Morgan fingerprint density at radius 3 is 2.89 bits per heavy atom. The first-order valence-electron chi connectivity index (χ1n) is 5.65. The van der Waals surface area contributed by atoms with Crippen LogP contribution >= 0.6 is 0 Å². The number of likely N-dealkylation sites (N-methyl/N-ethyl adjacent to an activating group) is 1. The van der Waals surface area contributed by atoms with E-state index >= 15 is 0 Å². The van der Waals surface area contributed by atoms with Gasteiger partial charge in [0.1, 0.15) is 5.49 Å². The molecule has 19 heavy (non-hydrogen) atoms. The summed E-state index contributed by atoms with van der Waals surface area (Å²) in [6, 6.07) is 0. The Bertz CT molecular complexity index is 630. The van der Waals surface area contributed by atoms with Crippen LogP contribution in [0.4, 0.5) is 0 Å². The largest absolute Gasteiger partial charge is 0.344 e. The van der Waals surface area contributed by atoms with Crippen molar-refractivity contribution in [2.45, 2.75) is 0 Å². The molecule has 0 radical (unpaired) electrons. The molecule has 0 atom stereocenters. The quantitative estimate of drug-likeness (QED) is 0.563. The van der Waals surface area contributed by atoms with E-state index in [1.807, 2.05) is 0 Å². The maximum absolute atomic E-state index is 11.3. The molecule has 1 amide bonds. The number of aromatic amines is 1. The maximum Gasteiger partial charge on any atom is 0.326 e. The van der Waals surface area contributed by atoms with E-state index in [2.05, 4.69) is 22.1 Å². The Labute approximate surface area is 110 Å². The summed E-state index contributed by atoms with van der Waals surface area (Å²) >= 11 is 0. The van der Waals surface area contributed by atoms with Crippen LogP contribution < -0.4 is 16.5 Å². The fourth-order valence-corrected chi connectivity index (χ4v) is 1.30. The van der Waals surface area contributed by atoms with Crippen molar-refractivity contribution in [3.8, 4) is 11.8 Å². The van der Waals surface area contributed by atoms with E-state index in [0.29, 0.717) is 12.1 Å². The molecule has 7 nitrogen and oxygen atoms in total. The van der Waals surface area contributed by atoms with Gasteiger partial charge in [0.25, 0.3) is 0 Å². The fourth-order valence-electron chi connectivity index (χ4n) is 1.30. The van der Waals surface area contributed by atoms with Gasteiger partial charge in [0.2, 0.25) is 5.91 Å². The fraction of sp³-hybridized carbons (Fsp3) is 0.417. The van der Waals surface area contributed by atoms with E-state index in [9.17, 15) is 9.59 Å². The molecule has 0 spiro atoms. The lowest BCUT2D eigenvalue weighted by molar-refractivity contribution is -0.121. The van der Waals surface area contributed by atoms with Gasteiger partial charge in [-0.2, -0.15) is 0 Å². The molecule has 0 unspecified atom stereocenters. The van der Waals surface area contributed by atoms with Gasteiger partial charge in [0.15, 0.2) is 0 Å². The van der Waals surface area contributed by atoms with Gasteiger partial charge >= 0.3 is 5.69 Å². The summed E-state index contributed by atoms with van der Waals surface area (Å²) < 4.78 is 1.31. The average Bonchev–Trinajstić information content (AvgIpc) is 2.30. The van der Waals surface area contributed by atoms with Crippen molar-refractivity contribution < 1.29 is 4.79 Å². The van der Waals surface area contributed by atoms with Crippen LogP contribution in [0.15, 0.2) is 11.0 Å². The summed E-state index contributed by atoms with van der Waals surface area (Å²) in [6.07, 6.45) is 1.48. The molecule has 1 rings (SSSR count). The number of rotatable bonds is 3. The number of hydrogen-bond acceptors (Lipinski definition) is 4. The average molecular weight is 263 g/mol. The Hall–Kier alpha value is -2.33. The SMILES string of the molecule is CN(C)CC(=O)NCC#Cc1cn(C)c(=O)[nH]c1=N. The molecule has 0 saturated carbocycles. The van der Waals surface area contributed by atoms with Crippen molar-refractivity contribution in [2.24, 2.45) is 7.05 Å². The molecule has 102 valence electrons. The number of carbonyl (C=O) groups excluding carboxylic acids is 1. The smallest absolute Gasteiger partial charge is 0.326 e. The van der Waals surface area contributed by atoms with Crippen LogP contribution in [0.2, 0.25) is 0 Å². The first-order valence-corrected chi connectivity index (χ1v) is 5.65. The normalized spacial score (nSPS) is 9.89. The van der Waals surface area contributed by atoms with Crippen LogP contribution in [-0.4, -0.2) is 47.5 Å². The van der Waals surface area contributed by atoms with Gasteiger partial charge in [-0.1, -0.05) is 11.8 Å². The number of nitrogens with zero attached hydrogens (tertiary/aromatic N) is 2. The highest BCUT2D eigenvalue weighted by Gasteiger charge is 2.00. The third kappa shape index (κ3) is 4.81. The zero-order chi connectivity index (χ0) is 14.4. The van der Waals surface area contributed by atoms with Crippen molar-refractivity contribution in [1.29, 1.82) is 5.41 Å². The summed E-state index contributed by atoms with van der Waals surface area (Å²) in [7, 11) is 5.18. The van der Waals surface area contributed by atoms with Gasteiger partial charge in [-0.05, 0) is 14.1 Å². The molecule has 0 fully saturated rings. The number of H-pyrrole nitrogens is 1. The van der Waals surface area contributed by atoms with Gasteiger partial charge in [-0.3, -0.25) is 15.2 Å². The lowest BCUT2D eigenvalue weighted by Gasteiger charge is -2.07. The lowest BCUT2D eigenvalue weighted by atomic mass is 10.3. The number of hydrogen-bond donors (Lipinski definition) is 3. The summed E-state index contributed by atoms with van der Waals surface area (Å²) in [4.78, 5) is 26.6. The summed E-state index contributed by atoms with van der Waals surface area (Å²) in [5.41, 5.74) is 0.00834. The maximum atomic E-state index is 11.3. The Morgan fingerprint density at radius 1 is 1.58 bits per heavy atom. The van der Waals surface area contributed by atoms with Crippen LogP contribution in [0.25, 0.3) is 0 Å². The van der Waals surface area contributed by atoms with Crippen molar-refractivity contribution >= 4 is 5.91 Å². The molecule has 0 aromatic carbocycles. The standard InChI is InChI=1S/C12H17N5O2/c1-16(2)8-10(18)14-6-4-5-9-7-17(3)12(19)15-11(9)13/h7H,6,8H2,1-3H3,(H,14,18)(H2,13,15,19). The van der Waals surface area contributed by atoms with Gasteiger partial charge in [-0.25, -0.2) is 4.79 Å². The van der Waals surface area contributed by atoms with Gasteiger partial charge in [0.05, 0.1) is 18.7 Å². The highest BCUT2D eigenvalue weighted by atomic mass is 16.2. The number of nitrogens with one attached hydrogen (secondary N) is 3. The van der Waals surface area contributed by atoms with Crippen molar-refractivity contribution in [2.75, 3.05) is 27.2 Å². The number of aryl methyl sites for hydroxylation is 1. The molecular formula is C12H17N5O2. The van der Waals surface area contributed by atoms with E-state index in [0.717, 1.165) is 0 Å². The van der Waals surface area contributed by atoms with E-state index < -0.39 is 0 Å². The third-order valence-electron chi connectivity index (χ3n) is 2.20. The van der Waals surface area contributed by atoms with Crippen LogP contribution in [0, 0.1) is 17.3 Å². The molecule has 1 heterocycles. The Morgan fingerprint density at radius 2 is 2.26 bits per heavy atom. The summed E-state index contributed by atoms with van der Waals surface area (Å²) in [5.74, 6) is 5.36. The van der Waals surface area contributed by atoms with E-state index in [4.69, 9.17) is 5.41 Å². The first-order chi connectivity index (χ1) is 8.90. The van der Waals surface area contributed by atoms with Crippen molar-refractivity contribution in [3.05, 3.63) is 27.7 Å². The predicted molar refractivity (Wildman–Crippen MR) is 70.3 cm³/mol. The lowest BCUT2D eigenvalue weighted by Crippen LogP contribution is -2.33. The zero-order valence-electron chi connectivity index (χ0n) is 11.2. The molecule has 1 aromatic heterocycles. The minimum Gasteiger partial charge on any atom is -0.344 e. The Kier molecular flexibility index (Phi) is 5.09. The van der Waals surface area contributed by atoms with Crippen LogP contribution in [0.3, 0.4) is 0 Å². The highest BCUT2D eigenvalue weighted by molar-refractivity contribution is 5.78. The molecule has 1 aromatic rings. The zero-order valence-corrected chi connectivity index (χ0v) is 11.2. The van der Waals surface area contributed by atoms with Crippen LogP contribution in [0.5, 0.6) is 0 Å². The molecule has 0 aliphatic carbocycles. The van der Waals surface area contributed by atoms with Gasteiger partial charge in [0, 0.05) is 13.2 Å². The molecule has 3 N–H and O–H groups in total. The molecule has 7 heteroatoms. The molecule has 0 aliphatic heterocycles. The minimum atomic E-state index is -0.366. The highest BCUT2D eigenvalue weighted by Crippen LogP contribution is 1.81. The van der Waals surface area contributed by atoms with Gasteiger partial charge in [-0.15, -0.1) is 0 Å². The van der Waals surface area contributed by atoms with Gasteiger partial charge < -0.3 is 14.8 Å². The summed E-state index contributed by atoms with van der Waals surface area (Å²) in [5, 5.41) is 10.2. The number of aromatic nitrogens is 2. The number of carbonyl (C=O) groups is 1. The van der Waals surface area contributed by atoms with E-state index in [1.165, 1.54) is 10.8 Å². The molecular weight excluding hydrogens is 246 g/mol. The first kappa shape index (κ1) is 14.7. The van der Waals surface area contributed by atoms with Crippen molar-refractivity contribution in [3.63, 3.8) is 0 Å². The third-order valence-corrected chi connectivity index (χ3v) is 2.20.